The predicted molar refractivity (Wildman–Crippen MR) is 62.3 cm³/mol. The van der Waals surface area contributed by atoms with Gasteiger partial charge in [0.25, 0.3) is 0 Å². The highest BCUT2D eigenvalue weighted by atomic mass is 32.2. The van der Waals surface area contributed by atoms with E-state index in [-0.39, 0.29) is 0 Å². The van der Waals surface area contributed by atoms with Crippen LogP contribution in [0.3, 0.4) is 0 Å². The van der Waals surface area contributed by atoms with Crippen LogP contribution in [0.1, 0.15) is 39.5 Å². The molecule has 0 bridgehead atoms. The van der Waals surface area contributed by atoms with Crippen LogP contribution >= 0.6 is 24.4 Å². The standard InChI is InChI=1S/C10H20S2/c1-9(2)12-8-10(7-11)5-3-4-6-10/h9,11H,3-8H2,1-2H3. The van der Waals surface area contributed by atoms with Gasteiger partial charge in [-0.25, -0.2) is 0 Å². The van der Waals surface area contributed by atoms with Gasteiger partial charge in [-0.1, -0.05) is 26.7 Å². The molecule has 0 unspecified atom stereocenters. The van der Waals surface area contributed by atoms with Crippen molar-refractivity contribution in [1.82, 2.24) is 0 Å². The third-order valence-electron chi connectivity index (χ3n) is 2.72. The van der Waals surface area contributed by atoms with Gasteiger partial charge in [-0.3, -0.25) is 0 Å². The fourth-order valence-corrected chi connectivity index (χ4v) is 3.47. The first-order chi connectivity index (χ1) is 5.68. The Labute approximate surface area is 86.3 Å². The van der Waals surface area contributed by atoms with E-state index in [0.717, 1.165) is 11.0 Å². The van der Waals surface area contributed by atoms with Gasteiger partial charge in [-0.2, -0.15) is 24.4 Å². The molecule has 0 nitrogen and oxygen atoms in total. The fraction of sp³-hybridized carbons (Fsp3) is 1.00. The normalized spacial score (nSPS) is 22.0. The first-order valence-corrected chi connectivity index (χ1v) is 6.59. The Morgan fingerprint density at radius 1 is 1.33 bits per heavy atom. The maximum Gasteiger partial charge on any atom is -0.0000414 e. The van der Waals surface area contributed by atoms with Gasteiger partial charge in [-0.05, 0) is 35.0 Å². The van der Waals surface area contributed by atoms with Crippen molar-refractivity contribution in [2.75, 3.05) is 11.5 Å². The van der Waals surface area contributed by atoms with Crippen molar-refractivity contribution < 1.29 is 0 Å². The van der Waals surface area contributed by atoms with Crippen LogP contribution < -0.4 is 0 Å². The van der Waals surface area contributed by atoms with Crippen molar-refractivity contribution in [3.8, 4) is 0 Å². The molecule has 2 heteroatoms. The van der Waals surface area contributed by atoms with E-state index in [9.17, 15) is 0 Å². The Bertz CT molecular complexity index is 126. The van der Waals surface area contributed by atoms with Gasteiger partial charge < -0.3 is 0 Å². The molecule has 1 rings (SSSR count). The van der Waals surface area contributed by atoms with E-state index in [1.807, 2.05) is 0 Å². The molecule has 0 aromatic rings. The van der Waals surface area contributed by atoms with Crippen LogP contribution in [0.25, 0.3) is 0 Å². The molecule has 72 valence electrons. The van der Waals surface area contributed by atoms with Crippen LogP contribution in [0, 0.1) is 5.41 Å². The van der Waals surface area contributed by atoms with Crippen molar-refractivity contribution >= 4 is 24.4 Å². The van der Waals surface area contributed by atoms with Crippen molar-refractivity contribution in [2.45, 2.75) is 44.8 Å². The van der Waals surface area contributed by atoms with Crippen molar-refractivity contribution in [1.29, 1.82) is 0 Å². The molecule has 1 aliphatic rings. The van der Waals surface area contributed by atoms with E-state index in [4.69, 9.17) is 0 Å². The van der Waals surface area contributed by atoms with E-state index in [0.29, 0.717) is 5.41 Å². The van der Waals surface area contributed by atoms with Crippen LogP contribution in [0.4, 0.5) is 0 Å². The Balaban J connectivity index is 2.34. The second-order valence-corrected chi connectivity index (χ2v) is 6.11. The van der Waals surface area contributed by atoms with Gasteiger partial charge in [0.2, 0.25) is 0 Å². The van der Waals surface area contributed by atoms with Crippen LogP contribution in [0.15, 0.2) is 0 Å². The molecule has 0 amide bonds. The Hall–Kier alpha value is 0.700. The van der Waals surface area contributed by atoms with Crippen molar-refractivity contribution in [3.05, 3.63) is 0 Å². The van der Waals surface area contributed by atoms with Gasteiger partial charge in [0.05, 0.1) is 0 Å². The summed E-state index contributed by atoms with van der Waals surface area (Å²) in [7, 11) is 0. The molecule has 0 atom stereocenters. The van der Waals surface area contributed by atoms with Gasteiger partial charge in [0, 0.05) is 0 Å². The van der Waals surface area contributed by atoms with Crippen LogP contribution in [0.5, 0.6) is 0 Å². The maximum absolute atomic E-state index is 4.49. The molecule has 0 N–H and O–H groups in total. The molecule has 0 heterocycles. The van der Waals surface area contributed by atoms with E-state index >= 15 is 0 Å². The summed E-state index contributed by atoms with van der Waals surface area (Å²) in [5.41, 5.74) is 0.595. The molecule has 12 heavy (non-hydrogen) atoms. The molecule has 0 aromatic carbocycles. The summed E-state index contributed by atoms with van der Waals surface area (Å²) >= 11 is 6.59. The third kappa shape index (κ3) is 2.88. The maximum atomic E-state index is 4.49. The first kappa shape index (κ1) is 10.8. The Morgan fingerprint density at radius 3 is 2.33 bits per heavy atom. The lowest BCUT2D eigenvalue weighted by molar-refractivity contribution is 0.403. The average molecular weight is 204 g/mol. The quantitative estimate of drug-likeness (QED) is 0.683. The highest BCUT2D eigenvalue weighted by Gasteiger charge is 2.32. The SMILES string of the molecule is CC(C)SCC1(CS)CCCC1. The van der Waals surface area contributed by atoms with E-state index in [1.54, 1.807) is 0 Å². The number of hydrogen-bond donors (Lipinski definition) is 1. The zero-order chi connectivity index (χ0) is 9.03. The molecular weight excluding hydrogens is 184 g/mol. The molecule has 0 aliphatic heterocycles. The average Bonchev–Trinajstić information content (AvgIpc) is 2.50. The number of rotatable bonds is 4. The second-order valence-electron chi connectivity index (χ2n) is 4.22. The Morgan fingerprint density at radius 2 is 1.92 bits per heavy atom. The van der Waals surface area contributed by atoms with Crippen LogP contribution in [0.2, 0.25) is 0 Å². The molecular formula is C10H20S2. The molecule has 0 aromatic heterocycles. The number of hydrogen-bond acceptors (Lipinski definition) is 2. The van der Waals surface area contributed by atoms with E-state index in [2.05, 4.69) is 38.2 Å². The topological polar surface area (TPSA) is 0 Å². The second kappa shape index (κ2) is 4.80. The minimum Gasteiger partial charge on any atom is -0.179 e. The lowest BCUT2D eigenvalue weighted by atomic mass is 9.91. The molecule has 0 radical (unpaired) electrons. The predicted octanol–water partition coefficient (Wildman–Crippen LogP) is 3.62. The number of thioether (sulfide) groups is 1. The van der Waals surface area contributed by atoms with Gasteiger partial charge in [-0.15, -0.1) is 0 Å². The summed E-state index contributed by atoms with van der Waals surface area (Å²) < 4.78 is 0. The van der Waals surface area contributed by atoms with E-state index in [1.165, 1.54) is 31.4 Å². The van der Waals surface area contributed by atoms with E-state index < -0.39 is 0 Å². The van der Waals surface area contributed by atoms with Gasteiger partial charge >= 0.3 is 0 Å². The third-order valence-corrected chi connectivity index (χ3v) is 4.84. The van der Waals surface area contributed by atoms with Gasteiger partial charge in [0.1, 0.15) is 0 Å². The van der Waals surface area contributed by atoms with Crippen LogP contribution in [-0.2, 0) is 0 Å². The molecule has 0 spiro atoms. The summed E-state index contributed by atoms with van der Waals surface area (Å²) in [5, 5.41) is 0.780. The summed E-state index contributed by atoms with van der Waals surface area (Å²) in [6.07, 6.45) is 5.69. The highest BCUT2D eigenvalue weighted by molar-refractivity contribution is 7.99. The lowest BCUT2D eigenvalue weighted by Gasteiger charge is -2.27. The zero-order valence-electron chi connectivity index (χ0n) is 8.18. The minimum atomic E-state index is 0.595. The van der Waals surface area contributed by atoms with Crippen LogP contribution in [-0.4, -0.2) is 16.8 Å². The first-order valence-electron chi connectivity index (χ1n) is 4.91. The molecule has 1 fully saturated rings. The zero-order valence-corrected chi connectivity index (χ0v) is 9.89. The smallest absolute Gasteiger partial charge is 0.0000414 e. The summed E-state index contributed by atoms with van der Waals surface area (Å²) in [5.74, 6) is 2.42. The van der Waals surface area contributed by atoms with Crippen molar-refractivity contribution in [3.63, 3.8) is 0 Å². The summed E-state index contributed by atoms with van der Waals surface area (Å²) in [6.45, 7) is 4.57. The fourth-order valence-electron chi connectivity index (χ4n) is 1.82. The Kier molecular flexibility index (Phi) is 4.31. The summed E-state index contributed by atoms with van der Waals surface area (Å²) in [4.78, 5) is 0. The largest absolute Gasteiger partial charge is 0.179 e. The lowest BCUT2D eigenvalue weighted by Crippen LogP contribution is -2.22. The highest BCUT2D eigenvalue weighted by Crippen LogP contribution is 2.42. The monoisotopic (exact) mass is 204 g/mol. The van der Waals surface area contributed by atoms with Crippen molar-refractivity contribution in [2.24, 2.45) is 5.41 Å². The number of thiol groups is 1. The summed E-state index contributed by atoms with van der Waals surface area (Å²) in [6, 6.07) is 0. The molecule has 1 saturated carbocycles. The molecule has 1 aliphatic carbocycles. The minimum absolute atomic E-state index is 0.595. The molecule has 0 saturated heterocycles. The van der Waals surface area contributed by atoms with Gasteiger partial charge in [0.15, 0.2) is 0 Å².